The van der Waals surface area contributed by atoms with Gasteiger partial charge in [0.25, 0.3) is 0 Å². The highest BCUT2D eigenvalue weighted by Gasteiger charge is 2.24. The second kappa shape index (κ2) is 10.6. The van der Waals surface area contributed by atoms with Crippen LogP contribution in [0.3, 0.4) is 0 Å². The first-order valence-electron chi connectivity index (χ1n) is 4.43. The summed E-state index contributed by atoms with van der Waals surface area (Å²) in [5.41, 5.74) is 0. The molecule has 1 N–H and O–H groups in total. The van der Waals surface area contributed by atoms with E-state index in [-0.39, 0.29) is 0 Å². The maximum atomic E-state index is 12.2. The van der Waals surface area contributed by atoms with Gasteiger partial charge < -0.3 is 5.11 Å². The summed E-state index contributed by atoms with van der Waals surface area (Å²) >= 11 is 3.80. The molecule has 0 unspecified atom stereocenters. The highest BCUT2D eigenvalue weighted by Crippen LogP contribution is 2.27. The third-order valence-corrected chi connectivity index (χ3v) is 3.20. The molecule has 9 heteroatoms. The number of hydrogen-bond acceptors (Lipinski definition) is 4. The van der Waals surface area contributed by atoms with E-state index in [2.05, 4.69) is 11.7 Å². The van der Waals surface area contributed by atoms with E-state index in [4.69, 9.17) is 5.11 Å². The van der Waals surface area contributed by atoms with E-state index in [1.54, 1.807) is 10.8 Å². The molecule has 0 atom stereocenters. The van der Waals surface area contributed by atoms with Gasteiger partial charge in [0.05, 0.1) is 0 Å². The minimum Gasteiger partial charge on any atom is -0.503 e. The zero-order valence-corrected chi connectivity index (χ0v) is 12.1. The van der Waals surface area contributed by atoms with Gasteiger partial charge in [-0.3, -0.25) is 0 Å². The minimum absolute atomic E-state index is 1.47. The number of thiol groups is 1. The Labute approximate surface area is 114 Å². The third kappa shape index (κ3) is 5.57. The Bertz CT molecular complexity index is 269. The number of hydrogen-bond donors (Lipinski definition) is 2. The zero-order valence-electron chi connectivity index (χ0n) is 9.60. The standard InChI is InChI=1S/C6HF5O.C2H6.CH4S3/c7-1-2(8)4(10)6(12)5(11)3(1)9;1-2;1-3-4-2/h12H;1-2H3;2H,1H3. The number of benzene rings is 1. The summed E-state index contributed by atoms with van der Waals surface area (Å²) < 4.78 is 60.6. The third-order valence-electron chi connectivity index (χ3n) is 1.26. The predicted molar refractivity (Wildman–Crippen MR) is 69.3 cm³/mol. The maximum Gasteiger partial charge on any atom is 0.206 e. The molecule has 0 radical (unpaired) electrons. The van der Waals surface area contributed by atoms with Crippen LogP contribution in [0.1, 0.15) is 13.8 Å². The lowest BCUT2D eigenvalue weighted by molar-refractivity contribution is 0.325. The molecule has 0 aromatic heterocycles. The molecule has 0 fully saturated rings. The highest BCUT2D eigenvalue weighted by atomic mass is 33.5. The summed E-state index contributed by atoms with van der Waals surface area (Å²) in [6.07, 6.45) is 1.98. The average molecular weight is 326 g/mol. The van der Waals surface area contributed by atoms with E-state index in [1.165, 1.54) is 9.83 Å². The van der Waals surface area contributed by atoms with Gasteiger partial charge in [-0.05, 0) is 16.1 Å². The molecule has 0 saturated heterocycles. The first-order chi connectivity index (χ1) is 8.38. The molecule has 0 aliphatic rings. The molecule has 18 heavy (non-hydrogen) atoms. The van der Waals surface area contributed by atoms with Crippen molar-refractivity contribution in [1.29, 1.82) is 0 Å². The number of phenols is 1. The average Bonchev–Trinajstić information content (AvgIpc) is 2.43. The number of phenolic OH excluding ortho intramolecular Hbond substituents is 1. The van der Waals surface area contributed by atoms with E-state index in [0.29, 0.717) is 0 Å². The monoisotopic (exact) mass is 326 g/mol. The molecule has 106 valence electrons. The first kappa shape index (κ1) is 20.0. The summed E-state index contributed by atoms with van der Waals surface area (Å²) in [5, 5.41) is 8.30. The molecule has 0 amide bonds. The van der Waals surface area contributed by atoms with Gasteiger partial charge in [-0.2, -0.15) is 8.78 Å². The Kier molecular flexibility index (Phi) is 11.8. The van der Waals surface area contributed by atoms with E-state index in [0.717, 1.165) is 0 Å². The van der Waals surface area contributed by atoms with Gasteiger partial charge in [0, 0.05) is 0 Å². The molecule has 0 aliphatic heterocycles. The summed E-state index contributed by atoms with van der Waals surface area (Å²) in [7, 11) is 3.10. The van der Waals surface area contributed by atoms with Gasteiger partial charge in [0.2, 0.25) is 29.1 Å². The Morgan fingerprint density at radius 2 is 1.06 bits per heavy atom. The Morgan fingerprint density at radius 1 is 0.833 bits per heavy atom. The van der Waals surface area contributed by atoms with Gasteiger partial charge in [-0.25, -0.2) is 13.2 Å². The molecule has 0 spiro atoms. The van der Waals surface area contributed by atoms with Crippen LogP contribution in [0.5, 0.6) is 5.75 Å². The van der Waals surface area contributed by atoms with Gasteiger partial charge in [-0.15, -0.1) is 0 Å². The summed E-state index contributed by atoms with van der Waals surface area (Å²) in [6.45, 7) is 4.00. The van der Waals surface area contributed by atoms with Crippen LogP contribution in [0.4, 0.5) is 22.0 Å². The van der Waals surface area contributed by atoms with E-state index in [9.17, 15) is 22.0 Å². The van der Waals surface area contributed by atoms with Crippen molar-refractivity contribution in [3.05, 3.63) is 29.1 Å². The van der Waals surface area contributed by atoms with Gasteiger partial charge in [0.15, 0.2) is 5.75 Å². The van der Waals surface area contributed by atoms with Crippen LogP contribution in [-0.4, -0.2) is 11.4 Å². The van der Waals surface area contributed by atoms with E-state index in [1.807, 2.05) is 20.1 Å². The first-order valence-corrected chi connectivity index (χ1v) is 8.04. The lowest BCUT2D eigenvalue weighted by Crippen LogP contribution is -2.00. The fourth-order valence-electron chi connectivity index (χ4n) is 0.593. The van der Waals surface area contributed by atoms with Crippen LogP contribution in [0.25, 0.3) is 0 Å². The van der Waals surface area contributed by atoms with E-state index < -0.39 is 34.8 Å². The van der Waals surface area contributed by atoms with Gasteiger partial charge >= 0.3 is 0 Å². The van der Waals surface area contributed by atoms with Crippen molar-refractivity contribution in [1.82, 2.24) is 0 Å². The number of rotatable bonds is 1. The van der Waals surface area contributed by atoms with Crippen LogP contribution in [0.15, 0.2) is 0 Å². The number of aromatic hydroxyl groups is 1. The summed E-state index contributed by atoms with van der Waals surface area (Å²) in [6, 6.07) is 0. The Hall–Kier alpha value is -0.280. The van der Waals surface area contributed by atoms with Crippen LogP contribution >= 0.6 is 32.3 Å². The molecule has 0 saturated carbocycles. The quantitative estimate of drug-likeness (QED) is 0.250. The van der Waals surface area contributed by atoms with Crippen molar-refractivity contribution >= 4 is 32.3 Å². The van der Waals surface area contributed by atoms with E-state index >= 15 is 0 Å². The molecule has 0 bridgehead atoms. The second-order valence-electron chi connectivity index (χ2n) is 2.16. The maximum absolute atomic E-state index is 12.2. The molecule has 1 aromatic carbocycles. The molecular formula is C9H11F5OS3. The van der Waals surface area contributed by atoms with Gasteiger partial charge in [0.1, 0.15) is 0 Å². The lowest BCUT2D eigenvalue weighted by atomic mass is 10.3. The van der Waals surface area contributed by atoms with Crippen molar-refractivity contribution in [2.45, 2.75) is 13.8 Å². The van der Waals surface area contributed by atoms with Crippen LogP contribution in [0.2, 0.25) is 0 Å². The lowest BCUT2D eigenvalue weighted by Gasteiger charge is -2.00. The smallest absolute Gasteiger partial charge is 0.206 e. The van der Waals surface area contributed by atoms with Gasteiger partial charge in [-0.1, -0.05) is 36.3 Å². The SMILES string of the molecule is CC.CSSS.Oc1c(F)c(F)c(F)c(F)c1F. The number of halogens is 5. The van der Waals surface area contributed by atoms with Crippen molar-refractivity contribution in [2.24, 2.45) is 0 Å². The molecule has 0 heterocycles. The van der Waals surface area contributed by atoms with Crippen molar-refractivity contribution in [3.63, 3.8) is 0 Å². The van der Waals surface area contributed by atoms with Crippen LogP contribution < -0.4 is 0 Å². The molecule has 1 nitrogen and oxygen atoms in total. The van der Waals surface area contributed by atoms with Crippen molar-refractivity contribution in [3.8, 4) is 5.75 Å². The van der Waals surface area contributed by atoms with Crippen molar-refractivity contribution in [2.75, 3.05) is 6.26 Å². The molecular weight excluding hydrogens is 315 g/mol. The molecule has 1 aromatic rings. The summed E-state index contributed by atoms with van der Waals surface area (Å²) in [5.74, 6) is -12.9. The largest absolute Gasteiger partial charge is 0.503 e. The molecule has 0 aliphatic carbocycles. The minimum atomic E-state index is -2.29. The predicted octanol–water partition coefficient (Wildman–Crippen LogP) is 4.96. The van der Waals surface area contributed by atoms with Crippen molar-refractivity contribution < 1.29 is 27.1 Å². The fourth-order valence-corrected chi connectivity index (χ4v) is 0.593. The Balaban J connectivity index is 0. The van der Waals surface area contributed by atoms with Crippen LogP contribution in [-0.2, 0) is 0 Å². The zero-order chi connectivity index (χ0) is 14.9. The Morgan fingerprint density at radius 3 is 1.28 bits per heavy atom. The normalized spacial score (nSPS) is 8.94. The topological polar surface area (TPSA) is 20.2 Å². The second-order valence-corrected chi connectivity index (χ2v) is 5.43. The molecule has 1 rings (SSSR count). The van der Waals surface area contributed by atoms with Crippen LogP contribution in [0, 0.1) is 29.1 Å². The highest BCUT2D eigenvalue weighted by molar-refractivity contribution is 9.05. The fraction of sp³-hybridized carbons (Fsp3) is 0.333. The summed E-state index contributed by atoms with van der Waals surface area (Å²) in [4.78, 5) is 0.